The number of likely N-dealkylation sites (tertiary alicyclic amines) is 1. The molecule has 0 bridgehead atoms. The van der Waals surface area contributed by atoms with Gasteiger partial charge in [-0.25, -0.2) is 9.50 Å². The van der Waals surface area contributed by atoms with Crippen LogP contribution in [0.15, 0.2) is 24.3 Å². The Labute approximate surface area is 202 Å². The molecule has 4 rings (SSSR count). The highest BCUT2D eigenvalue weighted by molar-refractivity contribution is 5.76. The first-order chi connectivity index (χ1) is 16.7. The minimum Gasteiger partial charge on any atom is -0.352 e. The molecule has 1 aliphatic rings. The van der Waals surface area contributed by atoms with Crippen molar-refractivity contribution in [1.29, 1.82) is 0 Å². The van der Waals surface area contributed by atoms with Gasteiger partial charge in [-0.05, 0) is 62.9 Å². The molecule has 0 aliphatic carbocycles. The third kappa shape index (κ3) is 6.36. The summed E-state index contributed by atoms with van der Waals surface area (Å²) in [6.07, 6.45) is 1.01. The van der Waals surface area contributed by atoms with Crippen molar-refractivity contribution >= 4 is 11.7 Å². The molecular weight excluding hydrogens is 457 g/mol. The van der Waals surface area contributed by atoms with E-state index in [-0.39, 0.29) is 18.1 Å². The zero-order valence-electron chi connectivity index (χ0n) is 20.2. The number of halogens is 3. The number of rotatable bonds is 7. The van der Waals surface area contributed by atoms with Gasteiger partial charge in [0.25, 0.3) is 11.6 Å². The number of fused-ring (bicyclic) bond motifs is 1. The molecule has 1 fully saturated rings. The Kier molecular flexibility index (Phi) is 7.69. The van der Waals surface area contributed by atoms with Crippen molar-refractivity contribution in [2.24, 2.45) is 0 Å². The minimum absolute atomic E-state index is 0.0967. The molecule has 3 aromatic rings. The van der Waals surface area contributed by atoms with E-state index in [9.17, 15) is 18.0 Å². The summed E-state index contributed by atoms with van der Waals surface area (Å²) in [5.41, 5.74) is 4.04. The summed E-state index contributed by atoms with van der Waals surface area (Å²) in [4.78, 5) is 22.7. The van der Waals surface area contributed by atoms with Crippen LogP contribution < -0.4 is 5.32 Å². The second-order valence-corrected chi connectivity index (χ2v) is 9.19. The fourth-order valence-corrected chi connectivity index (χ4v) is 4.61. The number of nitrogens with one attached hydrogen (secondary N) is 1. The van der Waals surface area contributed by atoms with Crippen LogP contribution in [0.1, 0.15) is 66.0 Å². The average molecular weight is 489 g/mol. The van der Waals surface area contributed by atoms with Crippen molar-refractivity contribution in [3.63, 3.8) is 0 Å². The van der Waals surface area contributed by atoms with Crippen LogP contribution in [0.4, 0.5) is 13.2 Å². The molecule has 1 N–H and O–H groups in total. The summed E-state index contributed by atoms with van der Waals surface area (Å²) in [5.74, 6) is -1.45. The number of carbonyl (C=O) groups excluding carboxylic acids is 1. The van der Waals surface area contributed by atoms with Crippen molar-refractivity contribution in [2.45, 2.75) is 71.6 Å². The summed E-state index contributed by atoms with van der Waals surface area (Å²) in [6.45, 7) is 6.99. The predicted molar refractivity (Wildman–Crippen MR) is 126 cm³/mol. The standard InChI is InChI=1S/C25H31F3N6O/c1-17-21(18(2)34-24(30-17)31-23(32-34)25(26,27)28)10-11-22(35)29-15-19-8-7-9-20(14-19)16-33-12-5-3-4-6-13-33/h7-9,14H,3-6,10-13,15-16H2,1-2H3,(H,29,35). The molecule has 1 saturated heterocycles. The molecule has 0 unspecified atom stereocenters. The molecule has 0 spiro atoms. The topological polar surface area (TPSA) is 75.4 Å². The molecule has 35 heavy (non-hydrogen) atoms. The van der Waals surface area contributed by atoms with Crippen molar-refractivity contribution in [2.75, 3.05) is 13.1 Å². The lowest BCUT2D eigenvalue weighted by Crippen LogP contribution is -2.25. The maximum absolute atomic E-state index is 13.0. The summed E-state index contributed by atoms with van der Waals surface area (Å²) >= 11 is 0. The van der Waals surface area contributed by atoms with E-state index in [0.29, 0.717) is 29.9 Å². The Morgan fingerprint density at radius 1 is 1.06 bits per heavy atom. The zero-order chi connectivity index (χ0) is 25.0. The van der Waals surface area contributed by atoms with Crippen molar-refractivity contribution in [3.05, 3.63) is 58.2 Å². The smallest absolute Gasteiger partial charge is 0.352 e. The van der Waals surface area contributed by atoms with E-state index in [0.717, 1.165) is 29.7 Å². The van der Waals surface area contributed by atoms with E-state index in [1.54, 1.807) is 13.8 Å². The van der Waals surface area contributed by atoms with Crippen LogP contribution in [-0.2, 0) is 30.5 Å². The first kappa shape index (κ1) is 25.1. The Morgan fingerprint density at radius 3 is 2.49 bits per heavy atom. The molecular formula is C25H31F3N6O. The van der Waals surface area contributed by atoms with E-state index >= 15 is 0 Å². The summed E-state index contributed by atoms with van der Waals surface area (Å²) in [6, 6.07) is 8.29. The van der Waals surface area contributed by atoms with Gasteiger partial charge in [-0.3, -0.25) is 9.69 Å². The fourth-order valence-electron chi connectivity index (χ4n) is 4.61. The molecule has 188 valence electrons. The lowest BCUT2D eigenvalue weighted by Gasteiger charge is -2.20. The number of benzene rings is 1. The van der Waals surface area contributed by atoms with E-state index in [4.69, 9.17) is 0 Å². The van der Waals surface area contributed by atoms with Gasteiger partial charge >= 0.3 is 6.18 Å². The zero-order valence-corrected chi connectivity index (χ0v) is 20.2. The first-order valence-electron chi connectivity index (χ1n) is 12.1. The maximum atomic E-state index is 13.0. The largest absolute Gasteiger partial charge is 0.453 e. The third-order valence-corrected chi connectivity index (χ3v) is 6.49. The molecule has 2 aromatic heterocycles. The van der Waals surface area contributed by atoms with Gasteiger partial charge < -0.3 is 5.32 Å². The van der Waals surface area contributed by atoms with Gasteiger partial charge in [0.2, 0.25) is 5.91 Å². The number of hydrogen-bond donors (Lipinski definition) is 1. The first-order valence-corrected chi connectivity index (χ1v) is 12.1. The normalized spacial score (nSPS) is 15.3. The molecule has 1 amide bonds. The predicted octanol–water partition coefficient (Wildman–Crippen LogP) is 4.38. The maximum Gasteiger partial charge on any atom is 0.453 e. The van der Waals surface area contributed by atoms with E-state index in [1.807, 2.05) is 12.1 Å². The molecule has 1 aliphatic heterocycles. The Morgan fingerprint density at radius 2 is 1.77 bits per heavy atom. The Hall–Kier alpha value is -3.01. The monoisotopic (exact) mass is 488 g/mol. The van der Waals surface area contributed by atoms with E-state index in [2.05, 4.69) is 37.4 Å². The van der Waals surface area contributed by atoms with Gasteiger partial charge in [0, 0.05) is 30.9 Å². The van der Waals surface area contributed by atoms with Crippen molar-refractivity contribution in [1.82, 2.24) is 29.8 Å². The van der Waals surface area contributed by atoms with Crippen LogP contribution in [0, 0.1) is 13.8 Å². The Bertz CT molecular complexity index is 1180. The molecule has 0 atom stereocenters. The highest BCUT2D eigenvalue weighted by atomic mass is 19.4. The summed E-state index contributed by atoms with van der Waals surface area (Å²) in [7, 11) is 0. The Balaban J connectivity index is 1.34. The minimum atomic E-state index is -4.64. The average Bonchev–Trinajstić information content (AvgIpc) is 3.09. The van der Waals surface area contributed by atoms with Gasteiger partial charge in [0.15, 0.2) is 0 Å². The van der Waals surface area contributed by atoms with E-state index < -0.39 is 12.0 Å². The highest BCUT2D eigenvalue weighted by Crippen LogP contribution is 2.27. The fraction of sp³-hybridized carbons (Fsp3) is 0.520. The van der Waals surface area contributed by atoms with Crippen LogP contribution in [0.25, 0.3) is 5.78 Å². The number of amides is 1. The van der Waals surface area contributed by atoms with Crippen LogP contribution in [0.3, 0.4) is 0 Å². The molecule has 7 nitrogen and oxygen atoms in total. The number of carbonyl (C=O) groups is 1. The lowest BCUT2D eigenvalue weighted by atomic mass is 10.1. The third-order valence-electron chi connectivity index (χ3n) is 6.49. The van der Waals surface area contributed by atoms with Gasteiger partial charge in [-0.15, -0.1) is 5.10 Å². The van der Waals surface area contributed by atoms with Crippen LogP contribution in [0.2, 0.25) is 0 Å². The second kappa shape index (κ2) is 10.7. The molecule has 0 saturated carbocycles. The van der Waals surface area contributed by atoms with Crippen molar-refractivity contribution in [3.8, 4) is 0 Å². The van der Waals surface area contributed by atoms with E-state index in [1.165, 1.54) is 31.2 Å². The van der Waals surface area contributed by atoms with Crippen LogP contribution >= 0.6 is 0 Å². The van der Waals surface area contributed by atoms with Gasteiger partial charge in [0.1, 0.15) is 0 Å². The highest BCUT2D eigenvalue weighted by Gasteiger charge is 2.37. The van der Waals surface area contributed by atoms with Gasteiger partial charge in [-0.2, -0.15) is 18.2 Å². The van der Waals surface area contributed by atoms with Crippen molar-refractivity contribution < 1.29 is 18.0 Å². The molecule has 0 radical (unpaired) electrons. The quantitative estimate of drug-likeness (QED) is 0.534. The number of hydrogen-bond acceptors (Lipinski definition) is 5. The lowest BCUT2D eigenvalue weighted by molar-refractivity contribution is -0.144. The number of aromatic nitrogens is 4. The molecule has 3 heterocycles. The SMILES string of the molecule is Cc1nc2nc(C(F)(F)F)nn2c(C)c1CCC(=O)NCc1cccc(CN2CCCCCC2)c1. The van der Waals surface area contributed by atoms with Gasteiger partial charge in [0.05, 0.1) is 0 Å². The van der Waals surface area contributed by atoms with Crippen LogP contribution in [0.5, 0.6) is 0 Å². The van der Waals surface area contributed by atoms with Crippen LogP contribution in [-0.4, -0.2) is 43.5 Å². The molecule has 10 heteroatoms. The van der Waals surface area contributed by atoms with Gasteiger partial charge in [-0.1, -0.05) is 37.1 Å². The summed E-state index contributed by atoms with van der Waals surface area (Å²) in [5, 5.41) is 6.51. The number of alkyl halides is 3. The second-order valence-electron chi connectivity index (χ2n) is 9.19. The number of aryl methyl sites for hydroxylation is 2. The molecule has 1 aromatic carbocycles. The summed E-state index contributed by atoms with van der Waals surface area (Å²) < 4.78 is 40.0. The number of nitrogens with zero attached hydrogens (tertiary/aromatic N) is 5.